The number of nitrogens with two attached hydrogens (primary N) is 1. The highest BCUT2D eigenvalue weighted by atomic mass is 16.5. The zero-order valence-corrected chi connectivity index (χ0v) is 11.2. The molecule has 2 rings (SSSR count). The Morgan fingerprint density at radius 1 is 1.37 bits per heavy atom. The molecule has 1 aliphatic heterocycles. The predicted octanol–water partition coefficient (Wildman–Crippen LogP) is -0.473. The molecule has 1 saturated carbocycles. The van der Waals surface area contributed by atoms with Crippen LogP contribution in [-0.4, -0.2) is 44.2 Å². The molecule has 1 saturated heterocycles. The van der Waals surface area contributed by atoms with Gasteiger partial charge < -0.3 is 21.1 Å². The van der Waals surface area contributed by atoms with Gasteiger partial charge in [-0.15, -0.1) is 0 Å². The van der Waals surface area contributed by atoms with Crippen LogP contribution in [0.4, 0.5) is 0 Å². The van der Waals surface area contributed by atoms with Crippen molar-refractivity contribution in [3.63, 3.8) is 0 Å². The molecule has 0 aromatic heterocycles. The first-order valence-corrected chi connectivity index (χ1v) is 7.00. The van der Waals surface area contributed by atoms with Crippen molar-refractivity contribution in [2.75, 3.05) is 26.3 Å². The average Bonchev–Trinajstić information content (AvgIpc) is 2.88. The minimum absolute atomic E-state index is 0.0458. The van der Waals surface area contributed by atoms with Crippen LogP contribution in [0.1, 0.15) is 32.1 Å². The Balaban J connectivity index is 1.77. The molecule has 6 heteroatoms. The number of nitrogens with one attached hydrogen (secondary N) is 2. The molecule has 19 heavy (non-hydrogen) atoms. The summed E-state index contributed by atoms with van der Waals surface area (Å²) in [6.45, 7) is 2.41. The van der Waals surface area contributed by atoms with E-state index in [1.165, 1.54) is 0 Å². The lowest BCUT2D eigenvalue weighted by Crippen LogP contribution is -2.48. The molecule has 1 aliphatic carbocycles. The van der Waals surface area contributed by atoms with Gasteiger partial charge in [0.15, 0.2) is 0 Å². The smallest absolute Gasteiger partial charge is 0.225 e. The van der Waals surface area contributed by atoms with Crippen molar-refractivity contribution in [2.24, 2.45) is 11.1 Å². The van der Waals surface area contributed by atoms with E-state index >= 15 is 0 Å². The van der Waals surface area contributed by atoms with Gasteiger partial charge >= 0.3 is 0 Å². The van der Waals surface area contributed by atoms with E-state index in [2.05, 4.69) is 10.6 Å². The molecule has 1 heterocycles. The quantitative estimate of drug-likeness (QED) is 0.629. The Morgan fingerprint density at radius 2 is 2.11 bits per heavy atom. The number of carbonyl (C=O) groups is 2. The first-order chi connectivity index (χ1) is 9.12. The molecule has 6 nitrogen and oxygen atoms in total. The monoisotopic (exact) mass is 269 g/mol. The van der Waals surface area contributed by atoms with E-state index in [0.717, 1.165) is 32.2 Å². The van der Waals surface area contributed by atoms with Crippen LogP contribution >= 0.6 is 0 Å². The molecule has 1 unspecified atom stereocenters. The van der Waals surface area contributed by atoms with Gasteiger partial charge in [-0.2, -0.15) is 0 Å². The van der Waals surface area contributed by atoms with Crippen molar-refractivity contribution in [2.45, 2.75) is 38.1 Å². The Kier molecular flexibility index (Phi) is 4.76. The van der Waals surface area contributed by atoms with Crippen LogP contribution in [0, 0.1) is 5.41 Å². The number of ether oxygens (including phenoxy) is 1. The number of hydrogen-bond donors (Lipinski definition) is 3. The molecule has 4 N–H and O–H groups in total. The second-order valence-corrected chi connectivity index (χ2v) is 5.56. The van der Waals surface area contributed by atoms with E-state index in [1.807, 2.05) is 0 Å². The minimum Gasteiger partial charge on any atom is -0.378 e. The van der Waals surface area contributed by atoms with Gasteiger partial charge in [-0.3, -0.25) is 9.59 Å². The van der Waals surface area contributed by atoms with Gasteiger partial charge in [-0.1, -0.05) is 12.8 Å². The summed E-state index contributed by atoms with van der Waals surface area (Å²) in [4.78, 5) is 23.4. The van der Waals surface area contributed by atoms with Gasteiger partial charge in [-0.25, -0.2) is 0 Å². The van der Waals surface area contributed by atoms with Crippen LogP contribution in [0.25, 0.3) is 0 Å². The molecule has 0 spiro atoms. The van der Waals surface area contributed by atoms with Crippen molar-refractivity contribution in [1.29, 1.82) is 0 Å². The maximum atomic E-state index is 11.9. The number of hydrogen-bond acceptors (Lipinski definition) is 4. The Bertz CT molecular complexity index is 334. The van der Waals surface area contributed by atoms with E-state index in [4.69, 9.17) is 10.5 Å². The van der Waals surface area contributed by atoms with E-state index in [0.29, 0.717) is 26.2 Å². The van der Waals surface area contributed by atoms with Gasteiger partial charge in [0.1, 0.15) is 0 Å². The largest absolute Gasteiger partial charge is 0.378 e. The lowest BCUT2D eigenvalue weighted by Gasteiger charge is -2.27. The molecule has 2 amide bonds. The zero-order chi connectivity index (χ0) is 13.7. The molecule has 2 aliphatic rings. The van der Waals surface area contributed by atoms with Crippen molar-refractivity contribution in [3.05, 3.63) is 0 Å². The van der Waals surface area contributed by atoms with Crippen molar-refractivity contribution in [3.8, 4) is 0 Å². The fourth-order valence-corrected chi connectivity index (χ4v) is 2.88. The summed E-state index contributed by atoms with van der Waals surface area (Å²) < 4.78 is 5.30. The third-order valence-electron chi connectivity index (χ3n) is 4.14. The second kappa shape index (κ2) is 6.34. The SMILES string of the molecule is NC(=O)C1(CNC(=O)CC2COCCN2)CCCC1. The Hall–Kier alpha value is -1.14. The normalized spacial score (nSPS) is 26.0. The van der Waals surface area contributed by atoms with Crippen LogP contribution in [0.2, 0.25) is 0 Å². The third-order valence-corrected chi connectivity index (χ3v) is 4.14. The van der Waals surface area contributed by atoms with Crippen molar-refractivity contribution in [1.82, 2.24) is 10.6 Å². The lowest BCUT2D eigenvalue weighted by atomic mass is 9.85. The molecule has 1 atom stereocenters. The fourth-order valence-electron chi connectivity index (χ4n) is 2.88. The predicted molar refractivity (Wildman–Crippen MR) is 70.3 cm³/mol. The minimum atomic E-state index is -0.522. The first kappa shape index (κ1) is 14.3. The van der Waals surface area contributed by atoms with Gasteiger partial charge in [0.25, 0.3) is 0 Å². The van der Waals surface area contributed by atoms with E-state index < -0.39 is 5.41 Å². The van der Waals surface area contributed by atoms with E-state index in [-0.39, 0.29) is 17.9 Å². The molecule has 108 valence electrons. The lowest BCUT2D eigenvalue weighted by molar-refractivity contribution is -0.128. The molecule has 0 aromatic carbocycles. The summed E-state index contributed by atoms with van der Waals surface area (Å²) in [5.74, 6) is -0.333. The first-order valence-electron chi connectivity index (χ1n) is 7.00. The van der Waals surface area contributed by atoms with E-state index in [1.54, 1.807) is 0 Å². The number of carbonyl (C=O) groups excluding carboxylic acids is 2. The number of rotatable bonds is 5. The summed E-state index contributed by atoms with van der Waals surface area (Å²) in [6, 6.07) is 0.0712. The number of primary amides is 1. The standard InChI is InChI=1S/C13H23N3O3/c14-12(18)13(3-1-2-4-13)9-16-11(17)7-10-8-19-6-5-15-10/h10,15H,1-9H2,(H2,14,18)(H,16,17). The maximum absolute atomic E-state index is 11.9. The second-order valence-electron chi connectivity index (χ2n) is 5.56. The van der Waals surface area contributed by atoms with Gasteiger partial charge in [0.2, 0.25) is 11.8 Å². The number of morpholine rings is 1. The molecule has 0 radical (unpaired) electrons. The summed E-state index contributed by atoms with van der Waals surface area (Å²) in [5, 5.41) is 6.09. The summed E-state index contributed by atoms with van der Waals surface area (Å²) in [6.07, 6.45) is 3.98. The van der Waals surface area contributed by atoms with Crippen LogP contribution in [0.5, 0.6) is 0 Å². The van der Waals surface area contributed by atoms with Gasteiger partial charge in [0, 0.05) is 25.6 Å². The van der Waals surface area contributed by atoms with Crippen molar-refractivity contribution >= 4 is 11.8 Å². The summed E-state index contributed by atoms with van der Waals surface area (Å²) in [5.41, 5.74) is 4.96. The van der Waals surface area contributed by atoms with Crippen LogP contribution in [0.15, 0.2) is 0 Å². The van der Waals surface area contributed by atoms with E-state index in [9.17, 15) is 9.59 Å². The molecule has 2 fully saturated rings. The number of amides is 2. The average molecular weight is 269 g/mol. The third kappa shape index (κ3) is 3.67. The van der Waals surface area contributed by atoms with Crippen molar-refractivity contribution < 1.29 is 14.3 Å². The molecular formula is C13H23N3O3. The Morgan fingerprint density at radius 3 is 2.68 bits per heavy atom. The molecule has 0 bridgehead atoms. The zero-order valence-electron chi connectivity index (χ0n) is 11.2. The topological polar surface area (TPSA) is 93.5 Å². The van der Waals surface area contributed by atoms with Gasteiger partial charge in [0.05, 0.1) is 18.6 Å². The summed E-state index contributed by atoms with van der Waals surface area (Å²) >= 11 is 0. The maximum Gasteiger partial charge on any atom is 0.225 e. The Labute approximate surface area is 113 Å². The molecular weight excluding hydrogens is 246 g/mol. The van der Waals surface area contributed by atoms with Crippen LogP contribution in [-0.2, 0) is 14.3 Å². The highest BCUT2D eigenvalue weighted by Gasteiger charge is 2.39. The van der Waals surface area contributed by atoms with Gasteiger partial charge in [-0.05, 0) is 12.8 Å². The summed E-state index contributed by atoms with van der Waals surface area (Å²) in [7, 11) is 0. The fraction of sp³-hybridized carbons (Fsp3) is 0.846. The highest BCUT2D eigenvalue weighted by Crippen LogP contribution is 2.37. The van der Waals surface area contributed by atoms with Crippen LogP contribution < -0.4 is 16.4 Å². The molecule has 0 aromatic rings. The highest BCUT2D eigenvalue weighted by molar-refractivity contribution is 5.83. The van der Waals surface area contributed by atoms with Crippen LogP contribution in [0.3, 0.4) is 0 Å².